The SMILES string of the molecule is CCNC(=O)[C@H](C)N(Cc1ccc(F)cc1)C(=O)CN(c1ccccc1Cl)S(=O)(=O)c1ccc(C)cc1. The zero-order valence-corrected chi connectivity index (χ0v) is 22.4. The average molecular weight is 546 g/mol. The van der Waals surface area contributed by atoms with Crippen LogP contribution in [0.2, 0.25) is 5.02 Å². The number of anilines is 1. The number of nitrogens with zero attached hydrogens (tertiary/aromatic N) is 2. The molecule has 0 fully saturated rings. The number of amides is 2. The number of hydrogen-bond acceptors (Lipinski definition) is 4. The summed E-state index contributed by atoms with van der Waals surface area (Å²) in [5.41, 5.74) is 1.59. The van der Waals surface area contributed by atoms with E-state index >= 15 is 0 Å². The molecule has 2 amide bonds. The molecule has 0 aliphatic heterocycles. The van der Waals surface area contributed by atoms with E-state index in [4.69, 9.17) is 11.6 Å². The lowest BCUT2D eigenvalue weighted by molar-refractivity contribution is -0.139. The van der Waals surface area contributed by atoms with Gasteiger partial charge in [-0.15, -0.1) is 0 Å². The van der Waals surface area contributed by atoms with Gasteiger partial charge in [-0.25, -0.2) is 12.8 Å². The Morgan fingerprint density at radius 1 is 1.00 bits per heavy atom. The summed E-state index contributed by atoms with van der Waals surface area (Å²) in [6.45, 7) is 4.87. The largest absolute Gasteiger partial charge is 0.355 e. The monoisotopic (exact) mass is 545 g/mol. The second-order valence-corrected chi connectivity index (χ2v) is 10.8. The van der Waals surface area contributed by atoms with Crippen molar-refractivity contribution in [2.75, 3.05) is 17.4 Å². The molecule has 0 aliphatic rings. The van der Waals surface area contributed by atoms with Crippen LogP contribution in [0.5, 0.6) is 0 Å². The molecule has 0 spiro atoms. The Kier molecular flexibility index (Phi) is 9.29. The van der Waals surface area contributed by atoms with Crippen molar-refractivity contribution in [2.45, 2.75) is 38.3 Å². The van der Waals surface area contributed by atoms with Crippen LogP contribution in [-0.4, -0.2) is 44.3 Å². The van der Waals surface area contributed by atoms with Crippen LogP contribution in [0, 0.1) is 12.7 Å². The Balaban J connectivity index is 2.03. The van der Waals surface area contributed by atoms with Crippen LogP contribution in [0.3, 0.4) is 0 Å². The molecule has 3 aromatic carbocycles. The molecule has 0 aromatic heterocycles. The van der Waals surface area contributed by atoms with Crippen molar-refractivity contribution in [3.8, 4) is 0 Å². The van der Waals surface area contributed by atoms with Crippen LogP contribution in [0.15, 0.2) is 77.7 Å². The van der Waals surface area contributed by atoms with Crippen molar-refractivity contribution >= 4 is 39.1 Å². The molecule has 0 heterocycles. The molecule has 7 nitrogen and oxygen atoms in total. The predicted octanol–water partition coefficient (Wildman–Crippen LogP) is 4.54. The number of benzene rings is 3. The summed E-state index contributed by atoms with van der Waals surface area (Å²) in [6.07, 6.45) is 0. The predicted molar refractivity (Wildman–Crippen MR) is 142 cm³/mol. The Morgan fingerprint density at radius 3 is 2.22 bits per heavy atom. The zero-order valence-electron chi connectivity index (χ0n) is 20.8. The molecule has 0 unspecified atom stereocenters. The fourth-order valence-corrected chi connectivity index (χ4v) is 5.42. The highest BCUT2D eigenvalue weighted by Gasteiger charge is 2.33. The summed E-state index contributed by atoms with van der Waals surface area (Å²) in [5.74, 6) is -1.46. The molecule has 37 heavy (non-hydrogen) atoms. The van der Waals surface area contributed by atoms with Crippen LogP contribution in [0.1, 0.15) is 25.0 Å². The zero-order chi connectivity index (χ0) is 27.2. The van der Waals surface area contributed by atoms with Crippen LogP contribution in [0.4, 0.5) is 10.1 Å². The lowest BCUT2D eigenvalue weighted by atomic mass is 10.1. The maximum atomic E-state index is 13.7. The quantitative estimate of drug-likeness (QED) is 0.405. The number of halogens is 2. The fourth-order valence-electron chi connectivity index (χ4n) is 3.70. The van der Waals surface area contributed by atoms with Gasteiger partial charge < -0.3 is 10.2 Å². The molecule has 0 bridgehead atoms. The molecule has 0 saturated heterocycles. The molecule has 3 aromatic rings. The first-order valence-corrected chi connectivity index (χ1v) is 13.5. The molecule has 1 atom stereocenters. The fraction of sp³-hybridized carbons (Fsp3) is 0.259. The van der Waals surface area contributed by atoms with Gasteiger partial charge in [0.1, 0.15) is 18.4 Å². The Labute approximate surface area is 221 Å². The van der Waals surface area contributed by atoms with E-state index in [1.807, 2.05) is 6.92 Å². The van der Waals surface area contributed by atoms with Gasteiger partial charge in [0.05, 0.1) is 15.6 Å². The molecule has 0 aliphatic carbocycles. The number of likely N-dealkylation sites (N-methyl/N-ethyl adjacent to an activating group) is 1. The van der Waals surface area contributed by atoms with Gasteiger partial charge in [-0.1, -0.05) is 53.6 Å². The molecule has 10 heteroatoms. The number of hydrogen-bond donors (Lipinski definition) is 1. The van der Waals surface area contributed by atoms with Crippen molar-refractivity contribution in [1.82, 2.24) is 10.2 Å². The minimum Gasteiger partial charge on any atom is -0.355 e. The second-order valence-electron chi connectivity index (χ2n) is 8.49. The van der Waals surface area contributed by atoms with Crippen molar-refractivity contribution < 1.29 is 22.4 Å². The van der Waals surface area contributed by atoms with Crippen LogP contribution in [-0.2, 0) is 26.2 Å². The topological polar surface area (TPSA) is 86.8 Å². The number of rotatable bonds is 10. The third-order valence-corrected chi connectivity index (χ3v) is 7.89. The van der Waals surface area contributed by atoms with Gasteiger partial charge in [0.2, 0.25) is 11.8 Å². The van der Waals surface area contributed by atoms with E-state index in [0.29, 0.717) is 12.1 Å². The van der Waals surface area contributed by atoms with Crippen molar-refractivity contribution in [3.05, 3.63) is 94.8 Å². The second kappa shape index (κ2) is 12.2. The highest BCUT2D eigenvalue weighted by atomic mass is 35.5. The first-order valence-electron chi connectivity index (χ1n) is 11.7. The standard InChI is InChI=1S/C27H29ClFN3O4S/c1-4-30-27(34)20(3)31(17-21-11-13-22(29)14-12-21)26(33)18-32(25-8-6-5-7-24(25)28)37(35,36)23-15-9-19(2)10-16-23/h5-16,20H,4,17-18H2,1-3H3,(H,30,34)/t20-/m0/s1. The molecule has 1 N–H and O–H groups in total. The summed E-state index contributed by atoms with van der Waals surface area (Å²) in [7, 11) is -4.21. The molecule has 0 saturated carbocycles. The summed E-state index contributed by atoms with van der Waals surface area (Å²) in [5, 5.41) is 2.83. The van der Waals surface area contributed by atoms with Gasteiger partial charge in [0.15, 0.2) is 0 Å². The number of sulfonamides is 1. The van der Waals surface area contributed by atoms with Crippen molar-refractivity contribution in [2.24, 2.45) is 0 Å². The van der Waals surface area contributed by atoms with Gasteiger partial charge in [-0.05, 0) is 62.7 Å². The maximum absolute atomic E-state index is 13.7. The third kappa shape index (κ3) is 6.87. The number of aryl methyl sites for hydroxylation is 1. The average Bonchev–Trinajstić information content (AvgIpc) is 2.87. The number of carbonyl (C=O) groups excluding carboxylic acids is 2. The Hall–Kier alpha value is -3.43. The van der Waals surface area contributed by atoms with Gasteiger partial charge in [-0.2, -0.15) is 0 Å². The molecule has 196 valence electrons. The summed E-state index contributed by atoms with van der Waals surface area (Å²) < 4.78 is 41.9. The van der Waals surface area contributed by atoms with Gasteiger partial charge in [0.25, 0.3) is 10.0 Å². The normalized spacial score (nSPS) is 12.0. The molecular weight excluding hydrogens is 517 g/mol. The van der Waals surface area contributed by atoms with Gasteiger partial charge in [-0.3, -0.25) is 13.9 Å². The minimum atomic E-state index is -4.21. The first kappa shape index (κ1) is 28.1. The molecular formula is C27H29ClFN3O4S. The van der Waals surface area contributed by atoms with E-state index in [0.717, 1.165) is 9.87 Å². The van der Waals surface area contributed by atoms with Gasteiger partial charge >= 0.3 is 0 Å². The smallest absolute Gasteiger partial charge is 0.264 e. The Morgan fingerprint density at radius 2 is 1.62 bits per heavy atom. The highest BCUT2D eigenvalue weighted by Crippen LogP contribution is 2.30. The van der Waals surface area contributed by atoms with E-state index in [1.165, 1.54) is 53.4 Å². The van der Waals surface area contributed by atoms with Crippen LogP contribution in [0.25, 0.3) is 0 Å². The highest BCUT2D eigenvalue weighted by molar-refractivity contribution is 7.92. The lowest BCUT2D eigenvalue weighted by Gasteiger charge is -2.32. The molecule has 0 radical (unpaired) electrons. The summed E-state index contributed by atoms with van der Waals surface area (Å²) in [6, 6.07) is 17.2. The number of para-hydroxylation sites is 1. The lowest BCUT2D eigenvalue weighted by Crippen LogP contribution is -2.51. The third-order valence-electron chi connectivity index (χ3n) is 5.79. The first-order chi connectivity index (χ1) is 17.5. The van der Waals surface area contributed by atoms with E-state index in [2.05, 4.69) is 5.32 Å². The van der Waals surface area contributed by atoms with Crippen LogP contribution >= 0.6 is 11.6 Å². The van der Waals surface area contributed by atoms with Crippen LogP contribution < -0.4 is 9.62 Å². The molecule has 3 rings (SSSR count). The van der Waals surface area contributed by atoms with E-state index in [9.17, 15) is 22.4 Å². The number of carbonyl (C=O) groups is 2. The summed E-state index contributed by atoms with van der Waals surface area (Å²) >= 11 is 6.37. The van der Waals surface area contributed by atoms with Gasteiger partial charge in [0, 0.05) is 13.1 Å². The number of nitrogens with one attached hydrogen (secondary N) is 1. The minimum absolute atomic E-state index is 0.00678. The van der Waals surface area contributed by atoms with E-state index in [-0.39, 0.29) is 22.2 Å². The van der Waals surface area contributed by atoms with Crippen molar-refractivity contribution in [3.63, 3.8) is 0 Å². The van der Waals surface area contributed by atoms with E-state index in [1.54, 1.807) is 38.1 Å². The summed E-state index contributed by atoms with van der Waals surface area (Å²) in [4.78, 5) is 27.7. The Bertz CT molecular complexity index is 1350. The maximum Gasteiger partial charge on any atom is 0.264 e. The van der Waals surface area contributed by atoms with Crippen molar-refractivity contribution in [1.29, 1.82) is 0 Å². The van der Waals surface area contributed by atoms with E-state index < -0.39 is 40.2 Å².